The third kappa shape index (κ3) is 5.81. The molecule has 2 aromatic carbocycles. The van der Waals surface area contributed by atoms with E-state index < -0.39 is 11.4 Å². The number of nitrogens with zero attached hydrogens (tertiary/aromatic N) is 6. The molecule has 0 bridgehead atoms. The second-order valence-corrected chi connectivity index (χ2v) is 13.9. The third-order valence-corrected chi connectivity index (χ3v) is 9.50. The van der Waals surface area contributed by atoms with Crippen molar-refractivity contribution in [3.63, 3.8) is 0 Å². The summed E-state index contributed by atoms with van der Waals surface area (Å²) in [4.78, 5) is 38.3. The molecule has 48 heavy (non-hydrogen) atoms. The van der Waals surface area contributed by atoms with Gasteiger partial charge in [0.15, 0.2) is 0 Å². The van der Waals surface area contributed by atoms with Crippen LogP contribution in [0.15, 0.2) is 67.0 Å². The van der Waals surface area contributed by atoms with Gasteiger partial charge in [-0.3, -0.25) is 9.48 Å². The molecule has 5 heterocycles. The zero-order valence-electron chi connectivity index (χ0n) is 27.2. The minimum Gasteiger partial charge on any atom is -0.496 e. The number of ether oxygens (including phenoxy) is 2. The minimum absolute atomic E-state index is 0.0268. The van der Waals surface area contributed by atoms with Crippen molar-refractivity contribution in [2.45, 2.75) is 45.4 Å². The number of carbonyl (C=O) groups is 2. The first-order valence-corrected chi connectivity index (χ1v) is 16.6. The quantitative estimate of drug-likeness (QED) is 0.182. The van der Waals surface area contributed by atoms with Crippen LogP contribution in [0.4, 0.5) is 9.18 Å². The van der Waals surface area contributed by atoms with E-state index in [-0.39, 0.29) is 18.0 Å². The molecule has 2 aliphatic rings. The molecule has 0 saturated carbocycles. The number of aromatic nitrogens is 4. The maximum Gasteiger partial charge on any atom is 0.410 e. The van der Waals surface area contributed by atoms with E-state index in [0.29, 0.717) is 55.3 Å². The van der Waals surface area contributed by atoms with Crippen LogP contribution in [0.25, 0.3) is 43.9 Å². The lowest BCUT2D eigenvalue weighted by Gasteiger charge is -2.38. The first kappa shape index (κ1) is 31.5. The highest BCUT2D eigenvalue weighted by Gasteiger charge is 2.32. The summed E-state index contributed by atoms with van der Waals surface area (Å²) in [6.07, 6.45) is 5.40. The topological polar surface area (TPSA) is 103 Å². The Morgan fingerprint density at radius 2 is 1.88 bits per heavy atom. The van der Waals surface area contributed by atoms with Gasteiger partial charge in [0.25, 0.3) is 0 Å². The van der Waals surface area contributed by atoms with Crippen molar-refractivity contribution in [3.8, 4) is 39.4 Å². The number of pyridine rings is 1. The number of carbonyl (C=O) groups excluding carboxylic acids is 2. The van der Waals surface area contributed by atoms with Crippen LogP contribution < -0.4 is 4.74 Å². The summed E-state index contributed by atoms with van der Waals surface area (Å²) >= 11 is 1.48. The maximum absolute atomic E-state index is 14.4. The van der Waals surface area contributed by atoms with E-state index in [1.807, 2.05) is 43.8 Å². The number of halogens is 1. The number of methoxy groups -OCH3 is 1. The lowest BCUT2D eigenvalue weighted by Crippen LogP contribution is -2.50. The monoisotopic (exact) mass is 666 g/mol. The number of rotatable bonds is 6. The average Bonchev–Trinajstić information content (AvgIpc) is 3.73. The Kier molecular flexibility index (Phi) is 7.98. The van der Waals surface area contributed by atoms with Gasteiger partial charge >= 0.3 is 6.09 Å². The molecule has 0 atom stereocenters. The van der Waals surface area contributed by atoms with Gasteiger partial charge in [-0.25, -0.2) is 19.2 Å². The van der Waals surface area contributed by atoms with E-state index in [1.54, 1.807) is 27.6 Å². The van der Waals surface area contributed by atoms with Gasteiger partial charge in [0.1, 0.15) is 22.7 Å². The molecule has 2 amide bonds. The fourth-order valence-corrected chi connectivity index (χ4v) is 7.08. The summed E-state index contributed by atoms with van der Waals surface area (Å²) in [5, 5.41) is 4.66. The highest BCUT2D eigenvalue weighted by atomic mass is 32.1. The van der Waals surface area contributed by atoms with Crippen molar-refractivity contribution in [2.24, 2.45) is 0 Å². The number of fused-ring (bicyclic) bond motifs is 2. The van der Waals surface area contributed by atoms with Crippen LogP contribution in [-0.4, -0.2) is 73.9 Å². The first-order valence-electron chi connectivity index (χ1n) is 15.7. The van der Waals surface area contributed by atoms with Crippen molar-refractivity contribution in [1.29, 1.82) is 0 Å². The van der Waals surface area contributed by atoms with Crippen LogP contribution >= 0.6 is 11.3 Å². The summed E-state index contributed by atoms with van der Waals surface area (Å²) in [6, 6.07) is 10.7. The molecule has 7 rings (SSSR count). The van der Waals surface area contributed by atoms with Gasteiger partial charge in [-0.1, -0.05) is 18.7 Å². The fourth-order valence-electron chi connectivity index (χ4n) is 6.23. The van der Waals surface area contributed by atoms with Crippen molar-refractivity contribution < 1.29 is 23.5 Å². The summed E-state index contributed by atoms with van der Waals surface area (Å²) in [6.45, 7) is 11.3. The van der Waals surface area contributed by atoms with E-state index in [0.717, 1.165) is 38.0 Å². The van der Waals surface area contributed by atoms with Gasteiger partial charge in [-0.05, 0) is 62.6 Å². The smallest absolute Gasteiger partial charge is 0.410 e. The predicted octanol–water partition coefficient (Wildman–Crippen LogP) is 6.90. The van der Waals surface area contributed by atoms with Crippen LogP contribution in [0, 0.1) is 5.82 Å². The molecular formula is C36H35FN6O4S. The largest absolute Gasteiger partial charge is 0.496 e. The van der Waals surface area contributed by atoms with Gasteiger partial charge in [-0.2, -0.15) is 5.10 Å². The molecule has 5 aromatic rings. The van der Waals surface area contributed by atoms with Gasteiger partial charge in [0, 0.05) is 60.7 Å². The Balaban J connectivity index is 1.31. The highest BCUT2D eigenvalue weighted by molar-refractivity contribution is 7.17. The van der Waals surface area contributed by atoms with Crippen LogP contribution in [-0.2, 0) is 22.5 Å². The second-order valence-electron chi connectivity index (χ2n) is 13.0. The molecule has 12 heteroatoms. The summed E-state index contributed by atoms with van der Waals surface area (Å²) < 4.78 is 28.4. The highest BCUT2D eigenvalue weighted by Crippen LogP contribution is 2.45. The molecule has 3 aromatic heterocycles. The van der Waals surface area contributed by atoms with Crippen molar-refractivity contribution >= 4 is 33.6 Å². The lowest BCUT2D eigenvalue weighted by molar-refractivity contribution is -0.131. The Bertz CT molecular complexity index is 2080. The van der Waals surface area contributed by atoms with E-state index in [4.69, 9.17) is 19.4 Å². The number of hydrogen-bond acceptors (Lipinski definition) is 8. The van der Waals surface area contributed by atoms with Gasteiger partial charge < -0.3 is 19.3 Å². The number of thiazole rings is 1. The Hall–Kier alpha value is -5.10. The molecule has 0 radical (unpaired) electrons. The third-order valence-electron chi connectivity index (χ3n) is 8.65. The van der Waals surface area contributed by atoms with Gasteiger partial charge in [0.2, 0.25) is 5.91 Å². The predicted molar refractivity (Wildman–Crippen MR) is 182 cm³/mol. The van der Waals surface area contributed by atoms with Gasteiger partial charge in [-0.15, -0.1) is 11.3 Å². The molecule has 1 saturated heterocycles. The Morgan fingerprint density at radius 3 is 2.62 bits per heavy atom. The van der Waals surface area contributed by atoms with Crippen LogP contribution in [0.3, 0.4) is 0 Å². The molecule has 246 valence electrons. The minimum atomic E-state index is -0.563. The van der Waals surface area contributed by atoms with Crippen molar-refractivity contribution in [1.82, 2.24) is 29.5 Å². The number of hydrogen-bond donors (Lipinski definition) is 0. The van der Waals surface area contributed by atoms with Crippen LogP contribution in [0.1, 0.15) is 37.9 Å². The Labute approximate surface area is 281 Å². The molecule has 1 fully saturated rings. The molecule has 0 aliphatic carbocycles. The molecule has 0 N–H and O–H groups in total. The molecule has 0 spiro atoms. The van der Waals surface area contributed by atoms with E-state index in [2.05, 4.69) is 17.7 Å². The second kappa shape index (κ2) is 12.2. The SMILES string of the molecule is C=CC(=O)N1CC(n2cc(-c3nc(-c4ccc5c(c4)CCN(C(=O)OC(C)(C)C)C5)c4ncsc4c3-c3ccc(F)cc3OC)cn2)C1. The normalized spacial score (nSPS) is 14.9. The summed E-state index contributed by atoms with van der Waals surface area (Å²) in [5.41, 5.74) is 8.65. The average molecular weight is 667 g/mol. The molecule has 0 unspecified atom stereocenters. The van der Waals surface area contributed by atoms with E-state index >= 15 is 0 Å². The van der Waals surface area contributed by atoms with Crippen molar-refractivity contribution in [3.05, 3.63) is 83.9 Å². The van der Waals surface area contributed by atoms with Crippen LogP contribution in [0.2, 0.25) is 0 Å². The fraction of sp³-hybridized carbons (Fsp3) is 0.306. The molecule has 2 aliphatic heterocycles. The first-order chi connectivity index (χ1) is 23.0. The molecule has 10 nitrogen and oxygen atoms in total. The van der Waals surface area contributed by atoms with E-state index in [9.17, 15) is 14.0 Å². The number of likely N-dealkylation sites (tertiary alicyclic amines) is 1. The zero-order chi connectivity index (χ0) is 33.7. The zero-order valence-corrected chi connectivity index (χ0v) is 28.0. The maximum atomic E-state index is 14.4. The van der Waals surface area contributed by atoms with Crippen molar-refractivity contribution in [2.75, 3.05) is 26.7 Å². The standard InChI is InChI=1S/C36H35FN6O4S/c1-6-29(44)42-18-26(19-42)43-17-24(15-39-43)31-30(27-10-9-25(37)14-28(27)46-5)34-33(38-20-48-34)32(40-31)22-7-8-23-16-41(12-11-21(23)13-22)35(45)47-36(2,3)4/h6-10,13-15,17,20,26H,1,11-12,16,18-19H2,2-5H3. The number of amides is 2. The summed E-state index contributed by atoms with van der Waals surface area (Å²) in [7, 11) is 1.52. The lowest BCUT2D eigenvalue weighted by atomic mass is 9.94. The molecular weight excluding hydrogens is 631 g/mol. The van der Waals surface area contributed by atoms with Gasteiger partial charge in [0.05, 0.1) is 40.9 Å². The van der Waals surface area contributed by atoms with Crippen LogP contribution in [0.5, 0.6) is 5.75 Å². The Morgan fingerprint density at radius 1 is 1.06 bits per heavy atom. The summed E-state index contributed by atoms with van der Waals surface area (Å²) in [5.74, 6) is -0.124. The van der Waals surface area contributed by atoms with E-state index in [1.165, 1.54) is 36.7 Å². The number of benzene rings is 2.